The van der Waals surface area contributed by atoms with E-state index < -0.39 is 6.09 Å². The molecule has 2 aromatic carbocycles. The van der Waals surface area contributed by atoms with Gasteiger partial charge in [-0.15, -0.1) is 0 Å². The average molecular weight is 461 g/mol. The Hall–Kier alpha value is -2.90. The molecule has 4 heterocycles. The lowest BCUT2D eigenvalue weighted by molar-refractivity contribution is -0.137. The molecular formula is C27H32N4O3. The summed E-state index contributed by atoms with van der Waals surface area (Å²) < 4.78 is 8.27. The zero-order chi connectivity index (χ0) is 23.3. The van der Waals surface area contributed by atoms with E-state index in [1.165, 1.54) is 16.9 Å². The van der Waals surface area contributed by atoms with Crippen molar-refractivity contribution in [3.05, 3.63) is 59.4 Å². The van der Waals surface area contributed by atoms with Crippen LogP contribution in [0.25, 0.3) is 11.0 Å². The highest BCUT2D eigenvalue weighted by molar-refractivity contribution is 5.94. The van der Waals surface area contributed by atoms with E-state index in [1.54, 1.807) is 0 Å². The van der Waals surface area contributed by atoms with Gasteiger partial charge in [0.25, 0.3) is 0 Å². The van der Waals surface area contributed by atoms with Crippen LogP contribution in [0.5, 0.6) is 0 Å². The number of benzene rings is 2. The van der Waals surface area contributed by atoms with Crippen LogP contribution >= 0.6 is 0 Å². The molecule has 2 fully saturated rings. The van der Waals surface area contributed by atoms with Gasteiger partial charge in [0, 0.05) is 50.6 Å². The van der Waals surface area contributed by atoms with Crippen LogP contribution in [0, 0.1) is 0 Å². The summed E-state index contributed by atoms with van der Waals surface area (Å²) >= 11 is 0. The normalized spacial score (nSPS) is 24.5. The van der Waals surface area contributed by atoms with E-state index in [0.29, 0.717) is 0 Å². The average Bonchev–Trinajstić information content (AvgIpc) is 3.39. The number of aromatic nitrogens is 2. The molecular weight excluding hydrogens is 428 g/mol. The standard InChI is InChI=1S/C27H32N4O3/c1-19-7-8-21-22(31(19)26(32)33)9-10-23-25(21)28-24(17-20-5-3-2-4-6-20)30(23)15-14-29-13-11-27(18-29)12-16-34-27/h2-6,9-10,19H,7-8,11-18H2,1H3,(H,32,33)/t19-,27-/m0/s1. The van der Waals surface area contributed by atoms with Crippen LogP contribution in [-0.2, 0) is 24.1 Å². The zero-order valence-electron chi connectivity index (χ0n) is 19.7. The van der Waals surface area contributed by atoms with E-state index in [4.69, 9.17) is 9.72 Å². The summed E-state index contributed by atoms with van der Waals surface area (Å²) in [7, 11) is 0. The molecule has 2 atom stereocenters. The van der Waals surface area contributed by atoms with Crippen molar-refractivity contribution in [1.82, 2.24) is 14.5 Å². The Morgan fingerprint density at radius 1 is 1.18 bits per heavy atom. The molecule has 3 aliphatic heterocycles. The van der Waals surface area contributed by atoms with Gasteiger partial charge < -0.3 is 14.4 Å². The minimum Gasteiger partial charge on any atom is -0.465 e. The molecule has 178 valence electrons. The Kier molecular flexibility index (Phi) is 5.34. The van der Waals surface area contributed by atoms with Gasteiger partial charge in [0.15, 0.2) is 0 Å². The monoisotopic (exact) mass is 460 g/mol. The van der Waals surface area contributed by atoms with Crippen LogP contribution in [0.15, 0.2) is 42.5 Å². The number of hydrogen-bond acceptors (Lipinski definition) is 4. The summed E-state index contributed by atoms with van der Waals surface area (Å²) in [5.74, 6) is 1.05. The Morgan fingerprint density at radius 3 is 2.71 bits per heavy atom. The van der Waals surface area contributed by atoms with Gasteiger partial charge in [-0.05, 0) is 43.9 Å². The second-order valence-corrected chi connectivity index (χ2v) is 10.1. The highest BCUT2D eigenvalue weighted by atomic mass is 16.5. The number of nitrogens with zero attached hydrogens (tertiary/aromatic N) is 4. The van der Waals surface area contributed by atoms with Crippen LogP contribution < -0.4 is 4.90 Å². The first-order valence-electron chi connectivity index (χ1n) is 12.5. The van der Waals surface area contributed by atoms with Gasteiger partial charge in [0.2, 0.25) is 0 Å². The number of carboxylic acid groups (broad SMARTS) is 1. The Balaban J connectivity index is 1.36. The van der Waals surface area contributed by atoms with Crippen molar-refractivity contribution in [1.29, 1.82) is 0 Å². The largest absolute Gasteiger partial charge is 0.465 e. The number of imidazole rings is 1. The first-order chi connectivity index (χ1) is 16.5. The number of aryl methyl sites for hydroxylation is 1. The van der Waals surface area contributed by atoms with E-state index in [2.05, 4.69) is 39.8 Å². The summed E-state index contributed by atoms with van der Waals surface area (Å²) in [5.41, 5.74) is 5.27. The molecule has 3 aliphatic rings. The molecule has 1 N–H and O–H groups in total. The van der Waals surface area contributed by atoms with Gasteiger partial charge in [-0.3, -0.25) is 9.80 Å². The third-order valence-electron chi connectivity index (χ3n) is 8.00. The number of rotatable bonds is 5. The van der Waals surface area contributed by atoms with Gasteiger partial charge in [-0.1, -0.05) is 30.3 Å². The van der Waals surface area contributed by atoms with Gasteiger partial charge in [-0.2, -0.15) is 0 Å². The quantitative estimate of drug-likeness (QED) is 0.614. The van der Waals surface area contributed by atoms with Crippen molar-refractivity contribution >= 4 is 22.8 Å². The van der Waals surface area contributed by atoms with Crippen LogP contribution in [0.2, 0.25) is 0 Å². The lowest BCUT2D eigenvalue weighted by atomic mass is 9.94. The molecule has 0 aliphatic carbocycles. The maximum absolute atomic E-state index is 12.0. The number of ether oxygens (including phenoxy) is 1. The molecule has 0 unspecified atom stereocenters. The van der Waals surface area contributed by atoms with Gasteiger partial charge in [0.05, 0.1) is 28.9 Å². The molecule has 3 aromatic rings. The van der Waals surface area contributed by atoms with Crippen molar-refractivity contribution in [2.24, 2.45) is 0 Å². The Bertz CT molecular complexity index is 1220. The van der Waals surface area contributed by atoms with Gasteiger partial charge >= 0.3 is 6.09 Å². The van der Waals surface area contributed by atoms with Crippen LogP contribution in [-0.4, -0.2) is 63.5 Å². The number of hydrogen-bond donors (Lipinski definition) is 1. The number of anilines is 1. The maximum Gasteiger partial charge on any atom is 0.412 e. The molecule has 0 saturated carbocycles. The van der Waals surface area contributed by atoms with Crippen LogP contribution in [0.3, 0.4) is 0 Å². The first kappa shape index (κ1) is 21.6. The predicted molar refractivity (Wildman–Crippen MR) is 132 cm³/mol. The van der Waals surface area contributed by atoms with Crippen molar-refractivity contribution in [2.75, 3.05) is 31.1 Å². The van der Waals surface area contributed by atoms with E-state index in [0.717, 1.165) is 86.6 Å². The van der Waals surface area contributed by atoms with Crippen molar-refractivity contribution in [3.63, 3.8) is 0 Å². The summed E-state index contributed by atoms with van der Waals surface area (Å²) in [5, 5.41) is 9.84. The van der Waals surface area contributed by atoms with Gasteiger partial charge in [-0.25, -0.2) is 9.78 Å². The highest BCUT2D eigenvalue weighted by Crippen LogP contribution is 2.37. The van der Waals surface area contributed by atoms with Crippen LogP contribution in [0.1, 0.15) is 43.1 Å². The second-order valence-electron chi connectivity index (χ2n) is 10.1. The number of likely N-dealkylation sites (tertiary alicyclic amines) is 1. The molecule has 7 heteroatoms. The third kappa shape index (κ3) is 3.67. The number of fused-ring (bicyclic) bond motifs is 3. The van der Waals surface area contributed by atoms with E-state index >= 15 is 0 Å². The van der Waals surface area contributed by atoms with Crippen molar-refractivity contribution in [2.45, 2.75) is 57.2 Å². The zero-order valence-corrected chi connectivity index (χ0v) is 19.7. The Labute approximate surface area is 199 Å². The molecule has 0 radical (unpaired) electrons. The van der Waals surface area contributed by atoms with Crippen molar-refractivity contribution < 1.29 is 14.6 Å². The first-order valence-corrected chi connectivity index (χ1v) is 12.5. The topological polar surface area (TPSA) is 70.8 Å². The third-order valence-corrected chi connectivity index (χ3v) is 8.00. The maximum atomic E-state index is 12.0. The van der Waals surface area contributed by atoms with E-state index in [-0.39, 0.29) is 11.6 Å². The van der Waals surface area contributed by atoms with Crippen LogP contribution in [0.4, 0.5) is 10.5 Å². The molecule has 6 rings (SSSR count). The summed E-state index contributed by atoms with van der Waals surface area (Å²) in [4.78, 5) is 21.2. The highest BCUT2D eigenvalue weighted by Gasteiger charge is 2.44. The molecule has 1 aromatic heterocycles. The number of carbonyl (C=O) groups is 1. The SMILES string of the molecule is C[C@H]1CCc2c(ccc3c2nc(Cc2ccccc2)n3CCN2CC[C@]3(CCO3)C2)N1C(=O)O. The molecule has 7 nitrogen and oxygen atoms in total. The lowest BCUT2D eigenvalue weighted by Crippen LogP contribution is -2.46. The minimum absolute atomic E-state index is 0.0236. The summed E-state index contributed by atoms with van der Waals surface area (Å²) in [6, 6.07) is 14.5. The van der Waals surface area contributed by atoms with E-state index in [9.17, 15) is 9.90 Å². The fourth-order valence-electron chi connectivity index (χ4n) is 6.00. The fourth-order valence-corrected chi connectivity index (χ4v) is 6.00. The van der Waals surface area contributed by atoms with Crippen molar-refractivity contribution in [3.8, 4) is 0 Å². The van der Waals surface area contributed by atoms with E-state index in [1.807, 2.05) is 19.1 Å². The fraction of sp³-hybridized carbons (Fsp3) is 0.481. The molecule has 1 spiro atoms. The second kappa shape index (κ2) is 8.40. The van der Waals surface area contributed by atoms with Gasteiger partial charge in [0.1, 0.15) is 5.82 Å². The minimum atomic E-state index is -0.891. The molecule has 0 bridgehead atoms. The lowest BCUT2D eigenvalue weighted by Gasteiger charge is -2.38. The molecule has 1 amide bonds. The summed E-state index contributed by atoms with van der Waals surface area (Å²) in [6.07, 6.45) is 3.85. The Morgan fingerprint density at radius 2 is 2.00 bits per heavy atom. The molecule has 2 saturated heterocycles. The molecule has 34 heavy (non-hydrogen) atoms. The predicted octanol–water partition coefficient (Wildman–Crippen LogP) is 4.31. The smallest absolute Gasteiger partial charge is 0.412 e. The summed E-state index contributed by atoms with van der Waals surface area (Å²) in [6.45, 7) is 6.82. The number of amides is 1.